The molecule has 2 heteroatoms. The van der Waals surface area contributed by atoms with Crippen molar-refractivity contribution in [3.8, 4) is 0 Å². The normalized spacial score (nSPS) is 35.1. The van der Waals surface area contributed by atoms with E-state index in [0.29, 0.717) is 11.3 Å². The van der Waals surface area contributed by atoms with Crippen LogP contribution >= 0.6 is 0 Å². The molecule has 0 amide bonds. The summed E-state index contributed by atoms with van der Waals surface area (Å²) in [5, 5.41) is 0. The topological polar surface area (TPSA) is 20.3 Å². The highest BCUT2D eigenvalue weighted by Gasteiger charge is 2.54. The summed E-state index contributed by atoms with van der Waals surface area (Å²) >= 11 is 0. The Hall–Kier alpha value is -0.370. The first-order valence-electron chi connectivity index (χ1n) is 7.03. The maximum absolute atomic E-state index is 10.8. The quantitative estimate of drug-likeness (QED) is 0.668. The van der Waals surface area contributed by atoms with Crippen molar-refractivity contribution in [3.05, 3.63) is 0 Å². The zero-order chi connectivity index (χ0) is 11.0. The van der Waals surface area contributed by atoms with Crippen molar-refractivity contribution in [2.24, 2.45) is 11.3 Å². The van der Waals surface area contributed by atoms with E-state index in [1.54, 1.807) is 0 Å². The molecule has 2 nitrogen and oxygen atoms in total. The fourth-order valence-corrected chi connectivity index (χ4v) is 3.93. The largest absolute Gasteiger partial charge is 0.303 e. The van der Waals surface area contributed by atoms with Gasteiger partial charge < -0.3 is 9.69 Å². The standard InChI is InChI=1S/C14H23NO/c16-11-12-10-14(12)6-8-15(9-7-14)13-4-2-1-3-5-13/h11-13H,1-10H2. The lowest BCUT2D eigenvalue weighted by Gasteiger charge is -2.39. The van der Waals surface area contributed by atoms with Crippen molar-refractivity contribution in [2.75, 3.05) is 13.1 Å². The Kier molecular flexibility index (Phi) is 2.78. The van der Waals surface area contributed by atoms with Crippen LogP contribution in [0.15, 0.2) is 0 Å². The molecular formula is C14H23NO. The average molecular weight is 221 g/mol. The van der Waals surface area contributed by atoms with Gasteiger partial charge >= 0.3 is 0 Å². The van der Waals surface area contributed by atoms with Crippen LogP contribution < -0.4 is 0 Å². The first kappa shape index (κ1) is 10.8. The predicted molar refractivity (Wildman–Crippen MR) is 64.3 cm³/mol. The van der Waals surface area contributed by atoms with Gasteiger partial charge in [0.1, 0.15) is 6.29 Å². The van der Waals surface area contributed by atoms with E-state index < -0.39 is 0 Å². The Morgan fingerprint density at radius 2 is 1.75 bits per heavy atom. The van der Waals surface area contributed by atoms with Gasteiger partial charge in [-0.3, -0.25) is 0 Å². The number of hydrogen-bond acceptors (Lipinski definition) is 2. The summed E-state index contributed by atoms with van der Waals surface area (Å²) in [7, 11) is 0. The Morgan fingerprint density at radius 1 is 1.06 bits per heavy atom. The molecule has 2 aliphatic carbocycles. The Balaban J connectivity index is 1.52. The number of rotatable bonds is 2. The summed E-state index contributed by atoms with van der Waals surface area (Å²) in [6.07, 6.45) is 12.1. The molecule has 1 aliphatic heterocycles. The molecule has 0 aromatic carbocycles. The molecule has 1 heterocycles. The first-order valence-corrected chi connectivity index (χ1v) is 7.03. The first-order chi connectivity index (χ1) is 7.84. The Bertz CT molecular complexity index is 262. The maximum atomic E-state index is 10.8. The van der Waals surface area contributed by atoms with E-state index in [-0.39, 0.29) is 0 Å². The molecule has 1 spiro atoms. The second kappa shape index (κ2) is 4.14. The van der Waals surface area contributed by atoms with Gasteiger partial charge in [-0.25, -0.2) is 0 Å². The third kappa shape index (κ3) is 1.81. The van der Waals surface area contributed by atoms with Gasteiger partial charge in [-0.15, -0.1) is 0 Å². The second-order valence-corrected chi connectivity index (χ2v) is 6.14. The zero-order valence-electron chi connectivity index (χ0n) is 10.2. The number of nitrogens with zero attached hydrogens (tertiary/aromatic N) is 1. The fraction of sp³-hybridized carbons (Fsp3) is 0.929. The minimum Gasteiger partial charge on any atom is -0.303 e. The van der Waals surface area contributed by atoms with Crippen LogP contribution in [0.25, 0.3) is 0 Å². The van der Waals surface area contributed by atoms with E-state index in [0.717, 1.165) is 6.04 Å². The molecule has 16 heavy (non-hydrogen) atoms. The summed E-state index contributed by atoms with van der Waals surface area (Å²) in [5.74, 6) is 0.418. The summed E-state index contributed by atoms with van der Waals surface area (Å²) < 4.78 is 0. The van der Waals surface area contributed by atoms with Crippen LogP contribution in [0.2, 0.25) is 0 Å². The average Bonchev–Trinajstić information content (AvgIpc) is 3.04. The third-order valence-corrected chi connectivity index (χ3v) is 5.30. The van der Waals surface area contributed by atoms with Crippen LogP contribution in [0.1, 0.15) is 51.4 Å². The lowest BCUT2D eigenvalue weighted by atomic mass is 9.87. The van der Waals surface area contributed by atoms with Crippen LogP contribution in [0.3, 0.4) is 0 Å². The zero-order valence-corrected chi connectivity index (χ0v) is 10.2. The van der Waals surface area contributed by atoms with Gasteiger partial charge in [0.2, 0.25) is 0 Å². The van der Waals surface area contributed by atoms with Crippen LogP contribution in [0, 0.1) is 11.3 Å². The summed E-state index contributed by atoms with van der Waals surface area (Å²) in [4.78, 5) is 13.5. The van der Waals surface area contributed by atoms with E-state index in [9.17, 15) is 4.79 Å². The molecule has 0 N–H and O–H groups in total. The molecule has 2 saturated carbocycles. The summed E-state index contributed by atoms with van der Waals surface area (Å²) in [6.45, 7) is 2.52. The molecule has 3 rings (SSSR count). The molecule has 0 bridgehead atoms. The molecule has 90 valence electrons. The van der Waals surface area contributed by atoms with Gasteiger partial charge in [0.15, 0.2) is 0 Å². The highest BCUT2D eigenvalue weighted by molar-refractivity contribution is 5.60. The number of carbonyl (C=O) groups excluding carboxylic acids is 1. The summed E-state index contributed by atoms with van der Waals surface area (Å²) in [6, 6.07) is 0.875. The second-order valence-electron chi connectivity index (χ2n) is 6.14. The van der Waals surface area contributed by atoms with Gasteiger partial charge in [0.05, 0.1) is 0 Å². The molecule has 0 radical (unpaired) electrons. The SMILES string of the molecule is O=CC1CC12CCN(C1CCCCC1)CC2. The minimum absolute atomic E-state index is 0.418. The highest BCUT2D eigenvalue weighted by Crippen LogP contribution is 2.58. The lowest BCUT2D eigenvalue weighted by Crippen LogP contribution is -2.43. The van der Waals surface area contributed by atoms with Gasteiger partial charge in [-0.05, 0) is 50.6 Å². The number of aldehydes is 1. The lowest BCUT2D eigenvalue weighted by molar-refractivity contribution is -0.109. The maximum Gasteiger partial charge on any atom is 0.123 e. The highest BCUT2D eigenvalue weighted by atomic mass is 16.1. The molecule has 1 saturated heterocycles. The molecular weight excluding hydrogens is 198 g/mol. The molecule has 1 atom stereocenters. The number of hydrogen-bond donors (Lipinski definition) is 0. The monoisotopic (exact) mass is 221 g/mol. The van der Waals surface area contributed by atoms with Gasteiger partial charge in [-0.2, -0.15) is 0 Å². The van der Waals surface area contributed by atoms with Crippen molar-refractivity contribution in [3.63, 3.8) is 0 Å². The van der Waals surface area contributed by atoms with Crippen molar-refractivity contribution in [1.29, 1.82) is 0 Å². The minimum atomic E-state index is 0.418. The van der Waals surface area contributed by atoms with Gasteiger partial charge in [-0.1, -0.05) is 19.3 Å². The molecule has 1 unspecified atom stereocenters. The van der Waals surface area contributed by atoms with E-state index in [1.807, 2.05) is 0 Å². The van der Waals surface area contributed by atoms with Crippen LogP contribution in [0.4, 0.5) is 0 Å². The van der Waals surface area contributed by atoms with Crippen LogP contribution in [0.5, 0.6) is 0 Å². The van der Waals surface area contributed by atoms with Crippen molar-refractivity contribution >= 4 is 6.29 Å². The molecule has 3 aliphatic rings. The van der Waals surface area contributed by atoms with E-state index in [1.165, 1.54) is 70.7 Å². The Morgan fingerprint density at radius 3 is 2.31 bits per heavy atom. The van der Waals surface area contributed by atoms with Crippen molar-refractivity contribution in [1.82, 2.24) is 4.90 Å². The van der Waals surface area contributed by atoms with E-state index in [4.69, 9.17) is 0 Å². The number of likely N-dealkylation sites (tertiary alicyclic amines) is 1. The molecule has 3 fully saturated rings. The van der Waals surface area contributed by atoms with Crippen LogP contribution in [-0.2, 0) is 4.79 Å². The number of piperidine rings is 1. The van der Waals surface area contributed by atoms with Gasteiger partial charge in [0.25, 0.3) is 0 Å². The smallest absolute Gasteiger partial charge is 0.123 e. The predicted octanol–water partition coefficient (Wildman–Crippen LogP) is 2.62. The van der Waals surface area contributed by atoms with Crippen molar-refractivity contribution in [2.45, 2.75) is 57.4 Å². The van der Waals surface area contributed by atoms with Crippen LogP contribution in [-0.4, -0.2) is 30.3 Å². The fourth-order valence-electron chi connectivity index (χ4n) is 3.93. The third-order valence-electron chi connectivity index (χ3n) is 5.30. The van der Waals surface area contributed by atoms with E-state index >= 15 is 0 Å². The van der Waals surface area contributed by atoms with E-state index in [2.05, 4.69) is 4.90 Å². The molecule has 0 aromatic rings. The van der Waals surface area contributed by atoms with Crippen molar-refractivity contribution < 1.29 is 4.79 Å². The Labute approximate surface area is 98.4 Å². The van der Waals surface area contributed by atoms with Gasteiger partial charge in [0, 0.05) is 12.0 Å². The summed E-state index contributed by atoms with van der Waals surface area (Å²) in [5.41, 5.74) is 0.465. The molecule has 0 aromatic heterocycles. The number of carbonyl (C=O) groups is 1.